The Morgan fingerprint density at radius 1 is 1.67 bits per heavy atom. The van der Waals surface area contributed by atoms with Gasteiger partial charge in [-0.2, -0.15) is 0 Å². The summed E-state index contributed by atoms with van der Waals surface area (Å²) >= 11 is 0. The molecule has 90 valence electrons. The monoisotopic (exact) mass is 244 g/mol. The molecule has 1 unspecified atom stereocenters. The SMILES string of the molecule is CN(CC(F)F)C(=O)C1CNCCO1.Cl. The summed E-state index contributed by atoms with van der Waals surface area (Å²) in [6, 6.07) is 0. The first-order valence-corrected chi connectivity index (χ1v) is 4.46. The molecule has 0 aromatic rings. The van der Waals surface area contributed by atoms with Crippen molar-refractivity contribution in [3.63, 3.8) is 0 Å². The smallest absolute Gasteiger partial charge is 0.255 e. The Morgan fingerprint density at radius 2 is 2.33 bits per heavy atom. The van der Waals surface area contributed by atoms with Gasteiger partial charge in [-0.05, 0) is 0 Å². The molecule has 0 bridgehead atoms. The molecule has 1 rings (SSSR count). The van der Waals surface area contributed by atoms with Crippen molar-refractivity contribution in [3.8, 4) is 0 Å². The Bertz CT molecular complexity index is 201. The van der Waals surface area contributed by atoms with Crippen LogP contribution in [0.1, 0.15) is 0 Å². The highest BCUT2D eigenvalue weighted by atomic mass is 35.5. The van der Waals surface area contributed by atoms with Crippen LogP contribution in [0.15, 0.2) is 0 Å². The molecule has 1 heterocycles. The fraction of sp³-hybridized carbons (Fsp3) is 0.875. The maximum atomic E-state index is 12.0. The molecule has 0 saturated carbocycles. The van der Waals surface area contributed by atoms with Crippen LogP contribution in [-0.2, 0) is 9.53 Å². The third-order valence-corrected chi connectivity index (χ3v) is 1.99. The highest BCUT2D eigenvalue weighted by molar-refractivity contribution is 5.85. The fourth-order valence-electron chi connectivity index (χ4n) is 1.27. The second kappa shape index (κ2) is 6.92. The number of amides is 1. The zero-order valence-electron chi connectivity index (χ0n) is 8.41. The van der Waals surface area contributed by atoms with Crippen LogP contribution in [0.25, 0.3) is 0 Å². The Hall–Kier alpha value is -0.460. The number of morpholine rings is 1. The number of carbonyl (C=O) groups excluding carboxylic acids is 1. The first-order chi connectivity index (χ1) is 6.61. The highest BCUT2D eigenvalue weighted by Gasteiger charge is 2.25. The minimum absolute atomic E-state index is 0. The van der Waals surface area contributed by atoms with Gasteiger partial charge in [0.15, 0.2) is 0 Å². The molecule has 0 radical (unpaired) electrons. The summed E-state index contributed by atoms with van der Waals surface area (Å²) < 4.78 is 29.1. The van der Waals surface area contributed by atoms with Crippen molar-refractivity contribution in [1.29, 1.82) is 0 Å². The van der Waals surface area contributed by atoms with Crippen molar-refractivity contribution in [1.82, 2.24) is 10.2 Å². The van der Waals surface area contributed by atoms with E-state index in [0.29, 0.717) is 19.7 Å². The predicted octanol–water partition coefficient (Wildman–Crippen LogP) is 0.120. The standard InChI is InChI=1S/C8H14F2N2O2.ClH/c1-12(5-7(9)10)8(13)6-4-11-2-3-14-6;/h6-7,11H,2-5H2,1H3;1H. The van der Waals surface area contributed by atoms with Crippen molar-refractivity contribution < 1.29 is 18.3 Å². The molecule has 7 heteroatoms. The molecule has 15 heavy (non-hydrogen) atoms. The van der Waals surface area contributed by atoms with E-state index in [-0.39, 0.29) is 12.4 Å². The number of alkyl halides is 2. The molecule has 4 nitrogen and oxygen atoms in total. The number of hydrogen-bond acceptors (Lipinski definition) is 3. The molecular weight excluding hydrogens is 230 g/mol. The van der Waals surface area contributed by atoms with E-state index in [4.69, 9.17) is 4.74 Å². The Labute approximate surface area is 93.4 Å². The van der Waals surface area contributed by atoms with E-state index >= 15 is 0 Å². The quantitative estimate of drug-likeness (QED) is 0.767. The minimum atomic E-state index is -2.50. The van der Waals surface area contributed by atoms with E-state index in [1.54, 1.807) is 0 Å². The van der Waals surface area contributed by atoms with E-state index in [1.807, 2.05) is 0 Å². The van der Waals surface area contributed by atoms with Gasteiger partial charge in [-0.25, -0.2) is 8.78 Å². The molecule has 0 spiro atoms. The highest BCUT2D eigenvalue weighted by Crippen LogP contribution is 2.03. The summed E-state index contributed by atoms with van der Waals surface area (Å²) in [6.07, 6.45) is -3.12. The molecule has 1 amide bonds. The summed E-state index contributed by atoms with van der Waals surface area (Å²) in [5, 5.41) is 2.96. The Balaban J connectivity index is 0.00000196. The van der Waals surface area contributed by atoms with Crippen molar-refractivity contribution >= 4 is 18.3 Å². The molecular formula is C8H15ClF2N2O2. The van der Waals surface area contributed by atoms with Crippen LogP contribution < -0.4 is 5.32 Å². The molecule has 1 N–H and O–H groups in total. The van der Waals surface area contributed by atoms with E-state index in [1.165, 1.54) is 7.05 Å². The second-order valence-corrected chi connectivity index (χ2v) is 3.17. The molecule has 1 fully saturated rings. The number of carbonyl (C=O) groups is 1. The van der Waals surface area contributed by atoms with Gasteiger partial charge in [0.05, 0.1) is 13.2 Å². The first-order valence-electron chi connectivity index (χ1n) is 4.46. The van der Waals surface area contributed by atoms with Gasteiger partial charge in [-0.3, -0.25) is 4.79 Å². The molecule has 0 aliphatic carbocycles. The van der Waals surface area contributed by atoms with Crippen molar-refractivity contribution in [2.45, 2.75) is 12.5 Å². The largest absolute Gasteiger partial charge is 0.366 e. The second-order valence-electron chi connectivity index (χ2n) is 3.17. The van der Waals surface area contributed by atoms with Crippen LogP contribution in [0.5, 0.6) is 0 Å². The number of ether oxygens (including phenoxy) is 1. The first kappa shape index (κ1) is 14.5. The number of nitrogens with zero attached hydrogens (tertiary/aromatic N) is 1. The third kappa shape index (κ3) is 4.72. The van der Waals surface area contributed by atoms with Gasteiger partial charge >= 0.3 is 0 Å². The molecule has 1 aliphatic rings. The average molecular weight is 245 g/mol. The molecule has 0 aromatic heterocycles. The lowest BCUT2D eigenvalue weighted by Crippen LogP contribution is -2.49. The summed E-state index contributed by atoms with van der Waals surface area (Å²) in [4.78, 5) is 12.5. The molecule has 1 atom stereocenters. The summed E-state index contributed by atoms with van der Waals surface area (Å²) in [6.45, 7) is 0.992. The minimum Gasteiger partial charge on any atom is -0.366 e. The zero-order chi connectivity index (χ0) is 10.6. The van der Waals surface area contributed by atoms with Crippen LogP contribution in [-0.4, -0.2) is 56.6 Å². The molecule has 1 saturated heterocycles. The van der Waals surface area contributed by atoms with Gasteiger partial charge in [-0.1, -0.05) is 0 Å². The van der Waals surface area contributed by atoms with Crippen LogP contribution in [0.4, 0.5) is 8.78 Å². The van der Waals surface area contributed by atoms with Crippen LogP contribution in [0, 0.1) is 0 Å². The zero-order valence-corrected chi connectivity index (χ0v) is 9.23. The Kier molecular flexibility index (Phi) is 6.71. The lowest BCUT2D eigenvalue weighted by Gasteiger charge is -2.27. The number of hydrogen-bond donors (Lipinski definition) is 1. The van der Waals surface area contributed by atoms with E-state index in [9.17, 15) is 13.6 Å². The maximum absolute atomic E-state index is 12.0. The molecule has 1 aliphatic heterocycles. The summed E-state index contributed by atoms with van der Waals surface area (Å²) in [5.41, 5.74) is 0. The van der Waals surface area contributed by atoms with Crippen molar-refractivity contribution in [2.75, 3.05) is 33.3 Å². The van der Waals surface area contributed by atoms with Gasteiger partial charge in [0.25, 0.3) is 12.3 Å². The topological polar surface area (TPSA) is 41.6 Å². The van der Waals surface area contributed by atoms with Gasteiger partial charge in [0.2, 0.25) is 0 Å². The maximum Gasteiger partial charge on any atom is 0.255 e. The van der Waals surface area contributed by atoms with Gasteiger partial charge in [-0.15, -0.1) is 12.4 Å². The molecule has 0 aromatic carbocycles. The third-order valence-electron chi connectivity index (χ3n) is 1.99. The Morgan fingerprint density at radius 3 is 2.80 bits per heavy atom. The number of halogens is 3. The number of nitrogens with one attached hydrogen (secondary N) is 1. The number of rotatable bonds is 3. The van der Waals surface area contributed by atoms with E-state index in [0.717, 1.165) is 4.90 Å². The predicted molar refractivity (Wildman–Crippen MR) is 53.5 cm³/mol. The van der Waals surface area contributed by atoms with E-state index < -0.39 is 25.0 Å². The van der Waals surface area contributed by atoms with Gasteiger partial charge < -0.3 is 15.0 Å². The van der Waals surface area contributed by atoms with Crippen LogP contribution >= 0.6 is 12.4 Å². The van der Waals surface area contributed by atoms with Gasteiger partial charge in [0.1, 0.15) is 6.10 Å². The van der Waals surface area contributed by atoms with Crippen molar-refractivity contribution in [2.24, 2.45) is 0 Å². The summed E-state index contributed by atoms with van der Waals surface area (Å²) in [5.74, 6) is -0.391. The van der Waals surface area contributed by atoms with Crippen LogP contribution in [0.2, 0.25) is 0 Å². The van der Waals surface area contributed by atoms with Gasteiger partial charge in [0, 0.05) is 20.1 Å². The van der Waals surface area contributed by atoms with E-state index in [2.05, 4.69) is 5.32 Å². The fourth-order valence-corrected chi connectivity index (χ4v) is 1.27. The van der Waals surface area contributed by atoms with Crippen molar-refractivity contribution in [3.05, 3.63) is 0 Å². The number of likely N-dealkylation sites (N-methyl/N-ethyl adjacent to an activating group) is 1. The summed E-state index contributed by atoms with van der Waals surface area (Å²) in [7, 11) is 1.35. The van der Waals surface area contributed by atoms with Crippen LogP contribution in [0.3, 0.4) is 0 Å². The lowest BCUT2D eigenvalue weighted by atomic mass is 10.2. The average Bonchev–Trinajstić information content (AvgIpc) is 2.17. The normalized spacial score (nSPS) is 20.9. The lowest BCUT2D eigenvalue weighted by molar-refractivity contribution is -0.145.